The summed E-state index contributed by atoms with van der Waals surface area (Å²) in [5, 5.41) is 1.86. The molecule has 1 aliphatic heterocycles. The standard InChI is InChI=1S/C14H14FN3OS/c15-11-3-5-12(6-4-11)18-9-10-20-14(18)16-13(19)17-7-1-2-8-17/h3-6,9-10H,1-2,7-8H2/b16-14-. The Bertz CT molecular complexity index is 668. The molecule has 6 heteroatoms. The third-order valence-corrected chi connectivity index (χ3v) is 4.02. The van der Waals surface area contributed by atoms with Crippen molar-refractivity contribution < 1.29 is 9.18 Å². The van der Waals surface area contributed by atoms with E-state index >= 15 is 0 Å². The lowest BCUT2D eigenvalue weighted by Crippen LogP contribution is -2.27. The van der Waals surface area contributed by atoms with Crippen molar-refractivity contribution in [3.63, 3.8) is 0 Å². The second-order valence-corrected chi connectivity index (χ2v) is 5.49. The molecule has 0 aliphatic carbocycles. The smallest absolute Gasteiger partial charge is 0.323 e. The van der Waals surface area contributed by atoms with Crippen molar-refractivity contribution in [2.75, 3.05) is 13.1 Å². The Kier molecular flexibility index (Phi) is 3.64. The lowest BCUT2D eigenvalue weighted by atomic mass is 10.3. The Hall–Kier alpha value is -1.95. The number of nitrogens with zero attached hydrogens (tertiary/aromatic N) is 3. The molecule has 0 atom stereocenters. The molecule has 0 bridgehead atoms. The highest BCUT2D eigenvalue weighted by Crippen LogP contribution is 2.10. The minimum absolute atomic E-state index is 0.194. The summed E-state index contributed by atoms with van der Waals surface area (Å²) in [5.74, 6) is -0.281. The fourth-order valence-corrected chi connectivity index (χ4v) is 2.93. The minimum atomic E-state index is -0.281. The van der Waals surface area contributed by atoms with Crippen LogP contribution in [0.15, 0.2) is 40.8 Å². The normalized spacial score (nSPS) is 15.8. The van der Waals surface area contributed by atoms with Crippen LogP contribution in [0.1, 0.15) is 12.8 Å². The number of hydrogen-bond donors (Lipinski definition) is 0. The van der Waals surface area contributed by atoms with Crippen LogP contribution in [0.25, 0.3) is 5.69 Å². The molecule has 2 heterocycles. The highest BCUT2D eigenvalue weighted by molar-refractivity contribution is 7.07. The number of amides is 2. The van der Waals surface area contributed by atoms with E-state index in [2.05, 4.69) is 4.99 Å². The molecule has 20 heavy (non-hydrogen) atoms. The van der Waals surface area contributed by atoms with Gasteiger partial charge in [0.2, 0.25) is 0 Å². The second-order valence-electron chi connectivity index (χ2n) is 4.62. The van der Waals surface area contributed by atoms with Crippen molar-refractivity contribution in [3.8, 4) is 5.69 Å². The van der Waals surface area contributed by atoms with Crippen LogP contribution in [0.4, 0.5) is 9.18 Å². The SMILES string of the molecule is O=C(/N=c1\sccn1-c1ccc(F)cc1)N1CCCC1. The van der Waals surface area contributed by atoms with Crippen LogP contribution in [-0.2, 0) is 0 Å². The maximum atomic E-state index is 13.0. The predicted molar refractivity (Wildman–Crippen MR) is 75.4 cm³/mol. The highest BCUT2D eigenvalue weighted by Gasteiger charge is 2.17. The molecule has 0 saturated carbocycles. The number of aromatic nitrogens is 1. The number of urea groups is 1. The van der Waals surface area contributed by atoms with Gasteiger partial charge in [-0.1, -0.05) is 0 Å². The van der Waals surface area contributed by atoms with E-state index in [-0.39, 0.29) is 11.8 Å². The predicted octanol–water partition coefficient (Wildman–Crippen LogP) is 2.79. The maximum Gasteiger partial charge on any atom is 0.346 e. The summed E-state index contributed by atoms with van der Waals surface area (Å²) in [5.41, 5.74) is 0.792. The summed E-state index contributed by atoms with van der Waals surface area (Å²) in [7, 11) is 0. The zero-order valence-electron chi connectivity index (χ0n) is 10.8. The molecule has 1 aromatic carbocycles. The Morgan fingerprint density at radius 1 is 1.20 bits per heavy atom. The van der Waals surface area contributed by atoms with Gasteiger partial charge < -0.3 is 4.90 Å². The van der Waals surface area contributed by atoms with E-state index in [9.17, 15) is 9.18 Å². The zero-order chi connectivity index (χ0) is 13.9. The monoisotopic (exact) mass is 291 g/mol. The van der Waals surface area contributed by atoms with Crippen molar-refractivity contribution in [3.05, 3.63) is 46.5 Å². The van der Waals surface area contributed by atoms with Gasteiger partial charge in [0.15, 0.2) is 4.80 Å². The van der Waals surface area contributed by atoms with E-state index in [4.69, 9.17) is 0 Å². The summed E-state index contributed by atoms with van der Waals surface area (Å²) in [6.07, 6.45) is 3.92. The molecule has 1 aliphatic rings. The van der Waals surface area contributed by atoms with Crippen molar-refractivity contribution in [1.29, 1.82) is 0 Å². The first kappa shape index (κ1) is 13.1. The number of hydrogen-bond acceptors (Lipinski definition) is 2. The maximum absolute atomic E-state index is 13.0. The molecule has 1 aromatic heterocycles. The number of rotatable bonds is 1. The van der Waals surface area contributed by atoms with Crippen molar-refractivity contribution >= 4 is 17.4 Å². The average molecular weight is 291 g/mol. The summed E-state index contributed by atoms with van der Waals surface area (Å²) in [4.78, 5) is 18.6. The van der Waals surface area contributed by atoms with E-state index in [0.29, 0.717) is 4.80 Å². The van der Waals surface area contributed by atoms with E-state index in [1.54, 1.807) is 21.6 Å². The third kappa shape index (κ3) is 2.65. The molecule has 0 N–H and O–H groups in total. The van der Waals surface area contributed by atoms with Gasteiger partial charge in [0.25, 0.3) is 0 Å². The summed E-state index contributed by atoms with van der Waals surface area (Å²) in [6.45, 7) is 1.56. The van der Waals surface area contributed by atoms with Crippen LogP contribution in [0.2, 0.25) is 0 Å². The molecule has 3 rings (SSSR count). The van der Waals surface area contributed by atoms with Gasteiger partial charge in [0, 0.05) is 30.4 Å². The number of likely N-dealkylation sites (tertiary alicyclic amines) is 1. The number of carbonyl (C=O) groups is 1. The number of halogens is 1. The molecule has 1 saturated heterocycles. The van der Waals surface area contributed by atoms with Crippen molar-refractivity contribution in [2.45, 2.75) is 12.8 Å². The Morgan fingerprint density at radius 2 is 1.90 bits per heavy atom. The van der Waals surface area contributed by atoms with Gasteiger partial charge in [-0.2, -0.15) is 4.99 Å². The average Bonchev–Trinajstić information content (AvgIpc) is 3.10. The Morgan fingerprint density at radius 3 is 2.60 bits per heavy atom. The number of thiazole rings is 1. The fraction of sp³-hybridized carbons (Fsp3) is 0.286. The van der Waals surface area contributed by atoms with Gasteiger partial charge in [-0.05, 0) is 37.1 Å². The Labute approximate surface area is 119 Å². The summed E-state index contributed by atoms with van der Waals surface area (Å²) < 4.78 is 14.7. The molecule has 1 fully saturated rings. The lowest BCUT2D eigenvalue weighted by Gasteiger charge is -2.10. The highest BCUT2D eigenvalue weighted by atomic mass is 32.1. The van der Waals surface area contributed by atoms with Crippen LogP contribution >= 0.6 is 11.3 Å². The van der Waals surface area contributed by atoms with Crippen LogP contribution in [0, 0.1) is 5.82 Å². The fourth-order valence-electron chi connectivity index (χ4n) is 2.21. The molecular weight excluding hydrogens is 277 g/mol. The van der Waals surface area contributed by atoms with Crippen molar-refractivity contribution in [2.24, 2.45) is 4.99 Å². The van der Waals surface area contributed by atoms with E-state index in [1.165, 1.54) is 23.5 Å². The van der Waals surface area contributed by atoms with Crippen LogP contribution in [-0.4, -0.2) is 28.6 Å². The molecule has 2 aromatic rings. The second kappa shape index (κ2) is 5.58. The van der Waals surface area contributed by atoms with Gasteiger partial charge in [-0.3, -0.25) is 4.57 Å². The topological polar surface area (TPSA) is 37.6 Å². The molecule has 104 valence electrons. The molecule has 0 spiro atoms. The van der Waals surface area contributed by atoms with Crippen LogP contribution in [0.3, 0.4) is 0 Å². The molecule has 2 amide bonds. The minimum Gasteiger partial charge on any atom is -0.323 e. The van der Waals surface area contributed by atoms with E-state index in [1.807, 2.05) is 11.6 Å². The van der Waals surface area contributed by atoms with Gasteiger partial charge in [0.1, 0.15) is 5.82 Å². The third-order valence-electron chi connectivity index (χ3n) is 3.26. The van der Waals surface area contributed by atoms with Crippen LogP contribution < -0.4 is 4.80 Å². The first-order valence-electron chi connectivity index (χ1n) is 6.50. The lowest BCUT2D eigenvalue weighted by molar-refractivity contribution is 0.218. The quantitative estimate of drug-likeness (QED) is 0.796. The molecule has 0 unspecified atom stereocenters. The first-order valence-corrected chi connectivity index (χ1v) is 7.38. The van der Waals surface area contributed by atoms with E-state index in [0.717, 1.165) is 31.6 Å². The van der Waals surface area contributed by atoms with Gasteiger partial charge in [-0.25, -0.2) is 9.18 Å². The van der Waals surface area contributed by atoms with E-state index < -0.39 is 0 Å². The van der Waals surface area contributed by atoms with Gasteiger partial charge in [-0.15, -0.1) is 11.3 Å². The zero-order valence-corrected chi connectivity index (χ0v) is 11.6. The molecule has 4 nitrogen and oxygen atoms in total. The van der Waals surface area contributed by atoms with Crippen molar-refractivity contribution in [1.82, 2.24) is 9.47 Å². The molecule has 0 radical (unpaired) electrons. The summed E-state index contributed by atoms with van der Waals surface area (Å²) >= 11 is 1.39. The number of benzene rings is 1. The molecular formula is C14H14FN3OS. The van der Waals surface area contributed by atoms with Gasteiger partial charge in [0.05, 0.1) is 0 Å². The number of carbonyl (C=O) groups excluding carboxylic acids is 1. The van der Waals surface area contributed by atoms with Gasteiger partial charge >= 0.3 is 6.03 Å². The Balaban J connectivity index is 1.93. The summed E-state index contributed by atoms with van der Waals surface area (Å²) in [6, 6.07) is 5.93. The largest absolute Gasteiger partial charge is 0.346 e. The van der Waals surface area contributed by atoms with Crippen LogP contribution in [0.5, 0.6) is 0 Å². The first-order chi connectivity index (χ1) is 9.74.